The third kappa shape index (κ3) is 1.49. The number of carboxylic acid groups (broad SMARTS) is 1. The number of nitrogens with zero attached hydrogens (tertiary/aromatic N) is 1. The molecule has 0 unspecified atom stereocenters. The Hall–Kier alpha value is -1.78. The Kier molecular flexibility index (Phi) is 2.22. The van der Waals surface area contributed by atoms with Crippen LogP contribution in [0, 0.1) is 0 Å². The zero-order valence-electron chi connectivity index (χ0n) is 8.19. The largest absolute Gasteiger partial charge is 0.477 e. The molecule has 0 spiro atoms. The van der Waals surface area contributed by atoms with E-state index in [1.807, 2.05) is 0 Å². The minimum atomic E-state index is -1.18. The lowest BCUT2D eigenvalue weighted by Crippen LogP contribution is -2.34. The van der Waals surface area contributed by atoms with Crippen molar-refractivity contribution in [1.29, 1.82) is 0 Å². The molecule has 0 aliphatic heterocycles. The number of nitrogen functional groups attached to an aromatic ring is 1. The fourth-order valence-corrected chi connectivity index (χ4v) is 2.06. The van der Waals surface area contributed by atoms with Gasteiger partial charge in [0.2, 0.25) is 0 Å². The maximum absolute atomic E-state index is 11.5. The minimum absolute atomic E-state index is 0.158. The van der Waals surface area contributed by atoms with E-state index in [1.165, 1.54) is 0 Å². The maximum atomic E-state index is 11.5. The van der Waals surface area contributed by atoms with Gasteiger partial charge < -0.3 is 10.9 Å². The summed E-state index contributed by atoms with van der Waals surface area (Å²) in [6.45, 7) is 0. The number of hydrogen-bond donors (Lipinski definition) is 2. The van der Waals surface area contributed by atoms with Crippen LogP contribution in [0.4, 0.5) is 0 Å². The highest BCUT2D eigenvalue weighted by atomic mass is 16.4. The first kappa shape index (κ1) is 9.76. The Morgan fingerprint density at radius 2 is 2.07 bits per heavy atom. The summed E-state index contributed by atoms with van der Waals surface area (Å²) in [5.41, 5.74) is 0.777. The summed E-state index contributed by atoms with van der Waals surface area (Å²) in [5, 5.41) is 8.98. The van der Waals surface area contributed by atoms with Gasteiger partial charge in [0.1, 0.15) is 5.56 Å². The molecule has 5 heteroatoms. The number of hydrogen-bond acceptors (Lipinski definition) is 3. The highest BCUT2D eigenvalue weighted by Gasteiger charge is 2.22. The minimum Gasteiger partial charge on any atom is -0.477 e. The van der Waals surface area contributed by atoms with Gasteiger partial charge in [-0.05, 0) is 36.8 Å². The molecule has 1 aromatic rings. The van der Waals surface area contributed by atoms with Gasteiger partial charge in [-0.2, -0.15) is 0 Å². The smallest absolute Gasteiger partial charge is 0.341 e. The first-order valence-corrected chi connectivity index (χ1v) is 4.87. The summed E-state index contributed by atoms with van der Waals surface area (Å²) in [7, 11) is 0. The van der Waals surface area contributed by atoms with E-state index < -0.39 is 11.5 Å². The maximum Gasteiger partial charge on any atom is 0.341 e. The number of fused-ring (bicyclic) bond motifs is 1. The molecule has 15 heavy (non-hydrogen) atoms. The van der Waals surface area contributed by atoms with E-state index in [1.54, 1.807) is 6.20 Å². The van der Waals surface area contributed by atoms with Crippen LogP contribution in [-0.2, 0) is 12.8 Å². The second kappa shape index (κ2) is 3.42. The van der Waals surface area contributed by atoms with Gasteiger partial charge in [0.15, 0.2) is 0 Å². The van der Waals surface area contributed by atoms with Gasteiger partial charge in [0, 0.05) is 6.20 Å². The molecule has 0 saturated carbocycles. The van der Waals surface area contributed by atoms with E-state index in [-0.39, 0.29) is 5.56 Å². The van der Waals surface area contributed by atoms with Crippen molar-refractivity contribution in [1.82, 2.24) is 4.68 Å². The van der Waals surface area contributed by atoms with Crippen molar-refractivity contribution in [2.45, 2.75) is 25.7 Å². The van der Waals surface area contributed by atoms with Crippen molar-refractivity contribution in [3.8, 4) is 0 Å². The monoisotopic (exact) mass is 208 g/mol. The van der Waals surface area contributed by atoms with Crippen molar-refractivity contribution in [3.05, 3.63) is 33.2 Å². The van der Waals surface area contributed by atoms with Crippen LogP contribution in [0.15, 0.2) is 11.0 Å². The van der Waals surface area contributed by atoms with Crippen LogP contribution in [-0.4, -0.2) is 15.8 Å². The molecule has 0 atom stereocenters. The number of aryl methyl sites for hydroxylation is 1. The molecule has 1 aromatic heterocycles. The van der Waals surface area contributed by atoms with E-state index in [2.05, 4.69) is 0 Å². The molecule has 0 saturated heterocycles. The molecular formula is C10H12N2O3. The van der Waals surface area contributed by atoms with Gasteiger partial charge >= 0.3 is 5.97 Å². The molecule has 0 bridgehead atoms. The molecule has 80 valence electrons. The van der Waals surface area contributed by atoms with Gasteiger partial charge in [-0.25, -0.2) is 9.47 Å². The number of pyridine rings is 1. The van der Waals surface area contributed by atoms with E-state index in [0.717, 1.165) is 29.5 Å². The summed E-state index contributed by atoms with van der Waals surface area (Å²) in [6, 6.07) is 0. The van der Waals surface area contributed by atoms with Crippen LogP contribution in [0.3, 0.4) is 0 Å². The highest BCUT2D eigenvalue weighted by molar-refractivity contribution is 5.89. The van der Waals surface area contributed by atoms with Crippen LogP contribution in [0.5, 0.6) is 0 Å². The number of aromatic carboxylic acids is 1. The van der Waals surface area contributed by atoms with E-state index in [0.29, 0.717) is 12.0 Å². The summed E-state index contributed by atoms with van der Waals surface area (Å²) >= 11 is 0. The Balaban J connectivity index is 2.74. The molecule has 0 radical (unpaired) electrons. The summed E-state index contributed by atoms with van der Waals surface area (Å²) in [4.78, 5) is 22.5. The molecule has 1 aliphatic rings. The molecule has 2 rings (SSSR count). The van der Waals surface area contributed by atoms with Gasteiger partial charge in [0.05, 0.1) is 0 Å². The molecule has 1 aliphatic carbocycles. The quantitative estimate of drug-likeness (QED) is 0.643. The standard InChI is InChI=1S/C10H12N2O3/c11-12-5-6-3-1-2-4-7(6)8(9(12)13)10(14)15/h5H,1-4,11H2,(H,14,15). The highest BCUT2D eigenvalue weighted by Crippen LogP contribution is 2.21. The Morgan fingerprint density at radius 1 is 1.40 bits per heavy atom. The second-order valence-electron chi connectivity index (χ2n) is 3.73. The third-order valence-corrected chi connectivity index (χ3v) is 2.77. The molecule has 3 N–H and O–H groups in total. The van der Waals surface area contributed by atoms with Gasteiger partial charge in [-0.3, -0.25) is 4.79 Å². The molecule has 0 fully saturated rings. The summed E-state index contributed by atoms with van der Waals surface area (Å²) < 4.78 is 0.869. The topological polar surface area (TPSA) is 85.3 Å². The van der Waals surface area contributed by atoms with Gasteiger partial charge in [0.25, 0.3) is 5.56 Å². The first-order valence-electron chi connectivity index (χ1n) is 4.87. The number of carbonyl (C=O) groups is 1. The summed E-state index contributed by atoms with van der Waals surface area (Å²) in [6.07, 6.45) is 4.95. The van der Waals surface area contributed by atoms with Gasteiger partial charge in [-0.15, -0.1) is 0 Å². The van der Waals surface area contributed by atoms with E-state index >= 15 is 0 Å². The first-order chi connectivity index (χ1) is 7.11. The zero-order valence-corrected chi connectivity index (χ0v) is 8.19. The number of aromatic nitrogens is 1. The van der Waals surface area contributed by atoms with Crippen molar-refractivity contribution in [2.24, 2.45) is 0 Å². The predicted molar refractivity (Wildman–Crippen MR) is 54.5 cm³/mol. The Bertz CT molecular complexity index is 476. The van der Waals surface area contributed by atoms with Crippen molar-refractivity contribution >= 4 is 5.97 Å². The molecule has 0 aromatic carbocycles. The lowest BCUT2D eigenvalue weighted by atomic mass is 9.90. The van der Waals surface area contributed by atoms with Crippen LogP contribution in [0.1, 0.15) is 34.3 Å². The Morgan fingerprint density at radius 3 is 2.73 bits per heavy atom. The molecule has 0 amide bonds. The van der Waals surface area contributed by atoms with Crippen LogP contribution in [0.25, 0.3) is 0 Å². The molecule has 1 heterocycles. The van der Waals surface area contributed by atoms with E-state index in [4.69, 9.17) is 10.9 Å². The fraction of sp³-hybridized carbons (Fsp3) is 0.400. The lowest BCUT2D eigenvalue weighted by Gasteiger charge is -2.18. The third-order valence-electron chi connectivity index (χ3n) is 2.77. The van der Waals surface area contributed by atoms with Crippen molar-refractivity contribution < 1.29 is 9.90 Å². The van der Waals surface area contributed by atoms with Crippen molar-refractivity contribution in [3.63, 3.8) is 0 Å². The Labute approximate surface area is 86.1 Å². The number of rotatable bonds is 1. The van der Waals surface area contributed by atoms with Crippen LogP contribution in [0.2, 0.25) is 0 Å². The van der Waals surface area contributed by atoms with Crippen LogP contribution < -0.4 is 11.4 Å². The average Bonchev–Trinajstić information content (AvgIpc) is 2.19. The SMILES string of the molecule is Nn1cc2c(c(C(=O)O)c1=O)CCCC2. The van der Waals surface area contributed by atoms with Crippen LogP contribution >= 0.6 is 0 Å². The second-order valence-corrected chi connectivity index (χ2v) is 3.73. The van der Waals surface area contributed by atoms with Crippen molar-refractivity contribution in [2.75, 3.05) is 5.84 Å². The zero-order chi connectivity index (χ0) is 11.0. The lowest BCUT2D eigenvalue weighted by molar-refractivity contribution is 0.0692. The predicted octanol–water partition coefficient (Wildman–Crippen LogP) is 0.139. The number of nitrogens with two attached hydrogens (primary N) is 1. The molecular weight excluding hydrogens is 196 g/mol. The number of carboxylic acids is 1. The van der Waals surface area contributed by atoms with Gasteiger partial charge in [-0.1, -0.05) is 0 Å². The normalized spacial score (nSPS) is 14.7. The fourth-order valence-electron chi connectivity index (χ4n) is 2.06. The average molecular weight is 208 g/mol. The molecule has 5 nitrogen and oxygen atoms in total. The summed E-state index contributed by atoms with van der Waals surface area (Å²) in [5.74, 6) is 4.24. The van der Waals surface area contributed by atoms with E-state index in [9.17, 15) is 9.59 Å².